The molecular weight excluding hydrogens is 350 g/mol. The Balaban J connectivity index is 0.00000181. The molecule has 6 aromatic rings. The third-order valence-corrected chi connectivity index (χ3v) is 5.79. The lowest BCUT2D eigenvalue weighted by Gasteiger charge is -2.18. The first-order valence-corrected chi connectivity index (χ1v) is 9.71. The molecule has 6 rings (SSSR count). The highest BCUT2D eigenvalue weighted by Crippen LogP contribution is 2.44. The maximum Gasteiger partial charge on any atom is -0.00201 e. The van der Waals surface area contributed by atoms with Gasteiger partial charge in [-0.05, 0) is 60.6 Å². The Hall–Kier alpha value is -3.68. The average Bonchev–Trinajstić information content (AvgIpc) is 2.78. The van der Waals surface area contributed by atoms with Gasteiger partial charge in [-0.3, -0.25) is 0 Å². The molecule has 0 radical (unpaired) electrons. The Labute approximate surface area is 170 Å². The summed E-state index contributed by atoms with van der Waals surface area (Å²) >= 11 is 0. The first kappa shape index (κ1) is 17.4. The van der Waals surface area contributed by atoms with Crippen LogP contribution in [0.2, 0.25) is 0 Å². The van der Waals surface area contributed by atoms with Gasteiger partial charge in [-0.25, -0.2) is 0 Å². The zero-order chi connectivity index (χ0) is 18.5. The van der Waals surface area contributed by atoms with Crippen molar-refractivity contribution in [2.24, 2.45) is 0 Å². The molecule has 29 heavy (non-hydrogen) atoms. The number of hydrogen-bond acceptors (Lipinski definition) is 1. The molecule has 0 atom stereocenters. The van der Waals surface area contributed by atoms with Crippen LogP contribution >= 0.6 is 0 Å². The van der Waals surface area contributed by atoms with Crippen LogP contribution in [0.3, 0.4) is 0 Å². The molecule has 0 aliphatic heterocycles. The van der Waals surface area contributed by atoms with E-state index >= 15 is 0 Å². The maximum absolute atomic E-state index is 2.37. The largest absolute Gasteiger partial charge is 0.344 e. The van der Waals surface area contributed by atoms with Crippen LogP contribution in [0, 0.1) is 0 Å². The molecule has 0 aromatic heterocycles. The van der Waals surface area contributed by atoms with Crippen LogP contribution in [-0.4, -0.2) is 0 Å². The lowest BCUT2D eigenvalue weighted by molar-refractivity contribution is 1.62. The first-order chi connectivity index (χ1) is 13.9. The van der Waals surface area contributed by atoms with Gasteiger partial charge in [-0.15, -0.1) is 0 Å². The predicted molar refractivity (Wildman–Crippen MR) is 126 cm³/mol. The molecule has 0 spiro atoms. The van der Waals surface area contributed by atoms with Gasteiger partial charge in [-0.1, -0.05) is 103 Å². The maximum atomic E-state index is 2.37. The molecule has 6 aromatic carbocycles. The van der Waals surface area contributed by atoms with E-state index in [0.717, 1.165) is 0 Å². The zero-order valence-corrected chi connectivity index (χ0v) is 16.1. The smallest absolute Gasteiger partial charge is 0.00201 e. The summed E-state index contributed by atoms with van der Waals surface area (Å²) in [7, 11) is 0. The van der Waals surface area contributed by atoms with Gasteiger partial charge in [-0.2, -0.15) is 0 Å². The molecule has 0 saturated heterocycles. The summed E-state index contributed by atoms with van der Waals surface area (Å²) in [6.07, 6.45) is 0. The second-order valence-corrected chi connectivity index (χ2v) is 7.39. The Morgan fingerprint density at radius 1 is 0.414 bits per heavy atom. The van der Waals surface area contributed by atoms with E-state index in [0.29, 0.717) is 0 Å². The molecule has 0 aliphatic carbocycles. The van der Waals surface area contributed by atoms with E-state index in [9.17, 15) is 0 Å². The molecule has 1 heteroatoms. The minimum Gasteiger partial charge on any atom is -0.344 e. The Bertz CT molecular complexity index is 1420. The van der Waals surface area contributed by atoms with Crippen LogP contribution in [0.15, 0.2) is 109 Å². The van der Waals surface area contributed by atoms with Crippen molar-refractivity contribution in [1.82, 2.24) is 6.15 Å². The Morgan fingerprint density at radius 3 is 1.69 bits per heavy atom. The van der Waals surface area contributed by atoms with E-state index in [2.05, 4.69) is 109 Å². The van der Waals surface area contributed by atoms with Crippen LogP contribution in [0.1, 0.15) is 0 Å². The molecule has 0 aliphatic rings. The van der Waals surface area contributed by atoms with E-state index < -0.39 is 0 Å². The van der Waals surface area contributed by atoms with Crippen molar-refractivity contribution in [3.8, 4) is 22.3 Å². The van der Waals surface area contributed by atoms with E-state index in [4.69, 9.17) is 0 Å². The molecule has 3 N–H and O–H groups in total. The second kappa shape index (κ2) is 6.73. The monoisotopic (exact) mass is 371 g/mol. The Kier molecular flexibility index (Phi) is 4.04. The van der Waals surface area contributed by atoms with E-state index in [-0.39, 0.29) is 6.15 Å². The van der Waals surface area contributed by atoms with Crippen molar-refractivity contribution in [3.63, 3.8) is 0 Å². The van der Waals surface area contributed by atoms with Crippen molar-refractivity contribution in [3.05, 3.63) is 109 Å². The standard InChI is InChI=1S/C28H18.H3N/c1-3-8-19(9-4-1)25-18-23-15-14-21-12-7-13-22-16-17-24(28(23)26(21)22)27(25)20-10-5-2-6-11-20;/h1-18H;1H3. The molecule has 0 fully saturated rings. The van der Waals surface area contributed by atoms with Crippen molar-refractivity contribution in [2.75, 3.05) is 0 Å². The van der Waals surface area contributed by atoms with Crippen LogP contribution in [0.4, 0.5) is 0 Å². The molecule has 1 nitrogen and oxygen atoms in total. The van der Waals surface area contributed by atoms with Gasteiger partial charge < -0.3 is 6.15 Å². The van der Waals surface area contributed by atoms with Gasteiger partial charge >= 0.3 is 0 Å². The fraction of sp³-hybridized carbons (Fsp3) is 0. The van der Waals surface area contributed by atoms with Crippen molar-refractivity contribution in [1.29, 1.82) is 0 Å². The summed E-state index contributed by atoms with van der Waals surface area (Å²) in [4.78, 5) is 0. The van der Waals surface area contributed by atoms with Gasteiger partial charge in [0.25, 0.3) is 0 Å². The summed E-state index contributed by atoms with van der Waals surface area (Å²) in [6, 6.07) is 39.6. The topological polar surface area (TPSA) is 35.0 Å². The van der Waals surface area contributed by atoms with E-state index in [1.807, 2.05) is 0 Å². The highest BCUT2D eigenvalue weighted by Gasteiger charge is 2.16. The lowest BCUT2D eigenvalue weighted by Crippen LogP contribution is -1.91. The quantitative estimate of drug-likeness (QED) is 0.307. The summed E-state index contributed by atoms with van der Waals surface area (Å²) in [5.41, 5.74) is 5.13. The third kappa shape index (κ3) is 2.60. The Morgan fingerprint density at radius 2 is 1.00 bits per heavy atom. The zero-order valence-electron chi connectivity index (χ0n) is 16.1. The van der Waals surface area contributed by atoms with Gasteiger partial charge in [0.2, 0.25) is 0 Å². The van der Waals surface area contributed by atoms with E-state index in [1.54, 1.807) is 0 Å². The molecule has 0 unspecified atom stereocenters. The number of rotatable bonds is 2. The lowest BCUT2D eigenvalue weighted by atomic mass is 9.85. The molecular formula is C28H21N. The highest BCUT2D eigenvalue weighted by atomic mass is 14.2. The molecule has 0 heterocycles. The summed E-state index contributed by atoms with van der Waals surface area (Å²) < 4.78 is 0. The molecule has 0 amide bonds. The fourth-order valence-electron chi connectivity index (χ4n) is 4.57. The minimum absolute atomic E-state index is 0. The van der Waals surface area contributed by atoms with E-state index in [1.165, 1.54) is 54.6 Å². The summed E-state index contributed by atoms with van der Waals surface area (Å²) in [5.74, 6) is 0. The number of hydrogen-bond donors (Lipinski definition) is 1. The molecule has 0 saturated carbocycles. The van der Waals surface area contributed by atoms with Crippen molar-refractivity contribution in [2.45, 2.75) is 0 Å². The van der Waals surface area contributed by atoms with Crippen LogP contribution in [-0.2, 0) is 0 Å². The predicted octanol–water partition coefficient (Wildman–Crippen LogP) is 8.08. The SMILES string of the molecule is N.c1ccc(-c2cc3ccc4cccc5ccc(c2-c2ccccc2)c3c45)cc1. The highest BCUT2D eigenvalue weighted by molar-refractivity contribution is 6.27. The minimum atomic E-state index is 0. The third-order valence-electron chi connectivity index (χ3n) is 5.79. The van der Waals surface area contributed by atoms with Gasteiger partial charge in [0, 0.05) is 0 Å². The van der Waals surface area contributed by atoms with Gasteiger partial charge in [0.1, 0.15) is 0 Å². The average molecular weight is 371 g/mol. The second-order valence-electron chi connectivity index (χ2n) is 7.39. The normalized spacial score (nSPS) is 11.2. The number of benzene rings is 6. The summed E-state index contributed by atoms with van der Waals surface area (Å²) in [6.45, 7) is 0. The van der Waals surface area contributed by atoms with Gasteiger partial charge in [0.05, 0.1) is 0 Å². The van der Waals surface area contributed by atoms with Crippen LogP contribution in [0.25, 0.3) is 54.6 Å². The van der Waals surface area contributed by atoms with Crippen molar-refractivity contribution >= 4 is 32.3 Å². The first-order valence-electron chi connectivity index (χ1n) is 9.71. The van der Waals surface area contributed by atoms with Crippen LogP contribution in [0.5, 0.6) is 0 Å². The molecule has 0 bridgehead atoms. The summed E-state index contributed by atoms with van der Waals surface area (Å²) in [5, 5.41) is 7.98. The fourth-order valence-corrected chi connectivity index (χ4v) is 4.57. The van der Waals surface area contributed by atoms with Gasteiger partial charge in [0.15, 0.2) is 0 Å². The van der Waals surface area contributed by atoms with Crippen molar-refractivity contribution < 1.29 is 0 Å². The van der Waals surface area contributed by atoms with Crippen LogP contribution < -0.4 is 6.15 Å². The molecule has 138 valence electrons.